The average Bonchev–Trinajstić information content (AvgIpc) is 2.66. The van der Waals surface area contributed by atoms with Crippen molar-refractivity contribution in [2.24, 2.45) is 0 Å². The van der Waals surface area contributed by atoms with Crippen molar-refractivity contribution < 1.29 is 13.9 Å². The summed E-state index contributed by atoms with van der Waals surface area (Å²) < 4.78 is 18.4. The Hall–Kier alpha value is -1.58. The van der Waals surface area contributed by atoms with Crippen LogP contribution in [0.25, 0.3) is 0 Å². The van der Waals surface area contributed by atoms with Crippen molar-refractivity contribution in [1.82, 2.24) is 4.90 Å². The number of likely N-dealkylation sites (N-methyl/N-ethyl adjacent to an activating group) is 1. The molecular formula is C16H26FNO2. The van der Waals surface area contributed by atoms with E-state index < -0.39 is 0 Å². The molecule has 0 N–H and O–H groups in total. The van der Waals surface area contributed by atoms with Gasteiger partial charge in [0.05, 0.1) is 6.04 Å². The van der Waals surface area contributed by atoms with Crippen molar-refractivity contribution in [3.8, 4) is 0 Å². The summed E-state index contributed by atoms with van der Waals surface area (Å²) in [6, 6.07) is -0.00224. The Morgan fingerprint density at radius 1 is 1.45 bits per heavy atom. The SMILES string of the molecule is CC.CC\C=C(F)/C=C(C)\C=C\C1OC(=O)N(C)C1C. The van der Waals surface area contributed by atoms with E-state index in [0.29, 0.717) is 6.42 Å². The number of allylic oxidation sites excluding steroid dienone is 5. The first-order valence-electron chi connectivity index (χ1n) is 7.11. The smallest absolute Gasteiger partial charge is 0.410 e. The van der Waals surface area contributed by atoms with Gasteiger partial charge in [-0.05, 0) is 44.1 Å². The van der Waals surface area contributed by atoms with Gasteiger partial charge in [0.1, 0.15) is 11.9 Å². The number of carbonyl (C=O) groups excluding carboxylic acids is 1. The van der Waals surface area contributed by atoms with Crippen LogP contribution in [0.3, 0.4) is 0 Å². The van der Waals surface area contributed by atoms with Gasteiger partial charge in [0.25, 0.3) is 0 Å². The van der Waals surface area contributed by atoms with Crippen LogP contribution in [0.15, 0.2) is 35.7 Å². The number of hydrogen-bond donors (Lipinski definition) is 0. The molecule has 1 heterocycles. The van der Waals surface area contributed by atoms with Gasteiger partial charge >= 0.3 is 6.09 Å². The third-order valence-electron chi connectivity index (χ3n) is 2.92. The van der Waals surface area contributed by atoms with Crippen LogP contribution in [-0.2, 0) is 4.74 Å². The lowest BCUT2D eigenvalue weighted by atomic mass is 10.1. The summed E-state index contributed by atoms with van der Waals surface area (Å²) in [4.78, 5) is 12.8. The molecule has 4 heteroatoms. The van der Waals surface area contributed by atoms with Crippen molar-refractivity contribution in [1.29, 1.82) is 0 Å². The lowest BCUT2D eigenvalue weighted by Gasteiger charge is -2.13. The summed E-state index contributed by atoms with van der Waals surface area (Å²) in [5.74, 6) is -0.242. The van der Waals surface area contributed by atoms with E-state index in [-0.39, 0.29) is 24.1 Å². The van der Waals surface area contributed by atoms with E-state index in [2.05, 4.69) is 0 Å². The maximum atomic E-state index is 13.2. The van der Waals surface area contributed by atoms with Crippen LogP contribution in [0, 0.1) is 0 Å². The minimum atomic E-state index is -0.323. The van der Waals surface area contributed by atoms with Gasteiger partial charge in [-0.15, -0.1) is 0 Å². The largest absolute Gasteiger partial charge is 0.440 e. The monoisotopic (exact) mass is 283 g/mol. The second kappa shape index (κ2) is 9.34. The van der Waals surface area contributed by atoms with Crippen LogP contribution in [0.2, 0.25) is 0 Å². The Morgan fingerprint density at radius 3 is 2.50 bits per heavy atom. The van der Waals surface area contributed by atoms with Crippen LogP contribution in [0.5, 0.6) is 0 Å². The second-order valence-corrected chi connectivity index (χ2v) is 4.44. The predicted octanol–water partition coefficient (Wildman–Crippen LogP) is 4.62. The van der Waals surface area contributed by atoms with Crippen molar-refractivity contribution in [2.75, 3.05) is 7.05 Å². The molecule has 20 heavy (non-hydrogen) atoms. The second-order valence-electron chi connectivity index (χ2n) is 4.44. The zero-order chi connectivity index (χ0) is 15.7. The standard InChI is InChI=1S/C14H20FNO2.C2H6/c1-5-6-12(15)9-10(2)7-8-13-11(3)16(4)14(17)18-13;1-2/h6-9,11,13H,5H2,1-4H3;1-2H3/b8-7+,10-9-,12-6+;. The fraction of sp³-hybridized carbons (Fsp3) is 0.562. The summed E-state index contributed by atoms with van der Waals surface area (Å²) in [6.45, 7) is 9.61. The quantitative estimate of drug-likeness (QED) is 0.705. The van der Waals surface area contributed by atoms with Gasteiger partial charge in [-0.25, -0.2) is 9.18 Å². The maximum absolute atomic E-state index is 13.2. The van der Waals surface area contributed by atoms with Gasteiger partial charge in [-0.3, -0.25) is 0 Å². The molecule has 0 aliphatic carbocycles. The Bertz CT molecular complexity index is 399. The Kier molecular flexibility index (Phi) is 8.61. The van der Waals surface area contributed by atoms with E-state index in [1.807, 2.05) is 34.6 Å². The average molecular weight is 283 g/mol. The molecule has 2 unspecified atom stereocenters. The van der Waals surface area contributed by atoms with Crippen LogP contribution in [0.1, 0.15) is 41.0 Å². The third-order valence-corrected chi connectivity index (χ3v) is 2.92. The molecule has 0 aromatic carbocycles. The summed E-state index contributed by atoms with van der Waals surface area (Å²) >= 11 is 0. The number of rotatable bonds is 4. The van der Waals surface area contributed by atoms with Gasteiger partial charge in [0.2, 0.25) is 0 Å². The van der Waals surface area contributed by atoms with E-state index in [1.54, 1.807) is 24.1 Å². The minimum Gasteiger partial charge on any atom is -0.440 e. The van der Waals surface area contributed by atoms with Crippen LogP contribution in [-0.4, -0.2) is 30.2 Å². The third kappa shape index (κ3) is 5.59. The van der Waals surface area contributed by atoms with Crippen molar-refractivity contribution in [2.45, 2.75) is 53.2 Å². The number of ether oxygens (including phenoxy) is 1. The summed E-state index contributed by atoms with van der Waals surface area (Å²) in [7, 11) is 1.70. The van der Waals surface area contributed by atoms with Gasteiger partial charge in [-0.2, -0.15) is 0 Å². The fourth-order valence-corrected chi connectivity index (χ4v) is 1.65. The van der Waals surface area contributed by atoms with Gasteiger partial charge in [0, 0.05) is 7.05 Å². The highest BCUT2D eigenvalue weighted by molar-refractivity contribution is 5.70. The molecule has 0 radical (unpaired) electrons. The Labute approximate surface area is 121 Å². The number of carbonyl (C=O) groups is 1. The molecule has 0 bridgehead atoms. The molecule has 2 atom stereocenters. The van der Waals surface area contributed by atoms with Crippen molar-refractivity contribution in [3.05, 3.63) is 35.7 Å². The first-order valence-corrected chi connectivity index (χ1v) is 7.11. The molecule has 0 saturated carbocycles. The molecule has 1 amide bonds. The number of hydrogen-bond acceptors (Lipinski definition) is 2. The van der Waals surface area contributed by atoms with E-state index >= 15 is 0 Å². The molecule has 3 nitrogen and oxygen atoms in total. The molecule has 0 aromatic rings. The summed E-state index contributed by atoms with van der Waals surface area (Å²) in [5, 5.41) is 0. The highest BCUT2D eigenvalue weighted by atomic mass is 19.1. The zero-order valence-corrected chi connectivity index (χ0v) is 13.3. The molecule has 0 aromatic heterocycles. The van der Waals surface area contributed by atoms with Gasteiger partial charge in [0.15, 0.2) is 0 Å². The summed E-state index contributed by atoms with van der Waals surface area (Å²) in [5.41, 5.74) is 0.787. The highest BCUT2D eigenvalue weighted by Gasteiger charge is 2.34. The van der Waals surface area contributed by atoms with Gasteiger partial charge in [-0.1, -0.05) is 26.8 Å². The highest BCUT2D eigenvalue weighted by Crippen LogP contribution is 2.18. The van der Waals surface area contributed by atoms with E-state index in [1.165, 1.54) is 12.2 Å². The van der Waals surface area contributed by atoms with Crippen molar-refractivity contribution >= 4 is 6.09 Å². The normalized spacial score (nSPS) is 23.8. The first kappa shape index (κ1) is 18.4. The Morgan fingerprint density at radius 2 is 2.05 bits per heavy atom. The molecule has 0 spiro atoms. The number of halogens is 1. The number of cyclic esters (lactones) is 1. The van der Waals surface area contributed by atoms with Crippen molar-refractivity contribution in [3.63, 3.8) is 0 Å². The first-order chi connectivity index (χ1) is 9.45. The minimum absolute atomic E-state index is 0.00224. The lowest BCUT2D eigenvalue weighted by molar-refractivity contribution is 0.148. The van der Waals surface area contributed by atoms with Gasteiger partial charge < -0.3 is 9.64 Å². The molecule has 1 aliphatic heterocycles. The predicted molar refractivity (Wildman–Crippen MR) is 81.2 cm³/mol. The van der Waals surface area contributed by atoms with Crippen LogP contribution >= 0.6 is 0 Å². The maximum Gasteiger partial charge on any atom is 0.410 e. The van der Waals surface area contributed by atoms with E-state index in [4.69, 9.17) is 4.74 Å². The Balaban J connectivity index is 0.00000172. The van der Waals surface area contributed by atoms with E-state index in [0.717, 1.165) is 5.57 Å². The lowest BCUT2D eigenvalue weighted by Crippen LogP contribution is -2.29. The topological polar surface area (TPSA) is 29.5 Å². The molecule has 114 valence electrons. The molecule has 1 rings (SSSR count). The molecule has 1 saturated heterocycles. The van der Waals surface area contributed by atoms with E-state index in [9.17, 15) is 9.18 Å². The number of nitrogens with zero attached hydrogens (tertiary/aromatic N) is 1. The van der Waals surface area contributed by atoms with Crippen LogP contribution < -0.4 is 0 Å². The molecular weight excluding hydrogens is 257 g/mol. The zero-order valence-electron chi connectivity index (χ0n) is 13.3. The molecule has 1 aliphatic rings. The summed E-state index contributed by atoms with van der Waals surface area (Å²) in [6.07, 6.45) is 6.61. The fourth-order valence-electron chi connectivity index (χ4n) is 1.65. The molecule has 1 fully saturated rings. The number of amides is 1. The van der Waals surface area contributed by atoms with Crippen LogP contribution in [0.4, 0.5) is 9.18 Å².